The van der Waals surface area contributed by atoms with Gasteiger partial charge in [-0.25, -0.2) is 13.1 Å². The Morgan fingerprint density at radius 3 is 2.38 bits per heavy atom. The van der Waals surface area contributed by atoms with Gasteiger partial charge in [0.25, 0.3) is 0 Å². The lowest BCUT2D eigenvalue weighted by Gasteiger charge is -2.14. The zero-order chi connectivity index (χ0) is 17.6. The van der Waals surface area contributed by atoms with E-state index >= 15 is 0 Å². The van der Waals surface area contributed by atoms with Crippen LogP contribution in [0.15, 0.2) is 59.5 Å². The molecule has 0 amide bonds. The summed E-state index contributed by atoms with van der Waals surface area (Å²) in [5.74, 6) is -0.780. The molecule has 0 saturated carbocycles. The number of aliphatic carboxylic acids is 1. The Balaban J connectivity index is 2.30. The number of para-hydroxylation sites is 2. The summed E-state index contributed by atoms with van der Waals surface area (Å²) < 4.78 is 32.5. The molecule has 0 aliphatic carbocycles. The minimum absolute atomic E-state index is 0.0659. The number of benzene rings is 2. The summed E-state index contributed by atoms with van der Waals surface area (Å²) in [4.78, 5) is 21.4. The van der Waals surface area contributed by atoms with Gasteiger partial charge in [-0.15, -0.1) is 0 Å². The van der Waals surface area contributed by atoms with Crippen molar-refractivity contribution in [3.05, 3.63) is 54.6 Å². The molecule has 0 heterocycles. The Kier molecular flexibility index (Phi) is 5.67. The van der Waals surface area contributed by atoms with Crippen molar-refractivity contribution in [3.63, 3.8) is 0 Å². The van der Waals surface area contributed by atoms with Crippen LogP contribution < -0.4 is 9.46 Å². The van der Waals surface area contributed by atoms with E-state index in [1.807, 2.05) is 0 Å². The Bertz CT molecular complexity index is 819. The first-order chi connectivity index (χ1) is 11.4. The zero-order valence-corrected chi connectivity index (χ0v) is 13.3. The summed E-state index contributed by atoms with van der Waals surface area (Å²) in [5.41, 5.74) is 0. The summed E-state index contributed by atoms with van der Waals surface area (Å²) in [7, 11) is -4.14. The topological polar surface area (TPSA) is 110 Å². The predicted molar refractivity (Wildman–Crippen MR) is 85.4 cm³/mol. The molecule has 8 heteroatoms. The van der Waals surface area contributed by atoms with Crippen LogP contribution in [0.4, 0.5) is 0 Å². The molecule has 0 saturated heterocycles. The van der Waals surface area contributed by atoms with E-state index in [9.17, 15) is 18.0 Å². The number of carboxylic acid groups (broad SMARTS) is 1. The molecule has 126 valence electrons. The maximum atomic E-state index is 12.5. The minimum Gasteiger partial charge on any atom is -0.481 e. The number of nitrogens with one attached hydrogen (secondary N) is 1. The van der Waals surface area contributed by atoms with Crippen molar-refractivity contribution in [2.45, 2.75) is 17.4 Å². The summed E-state index contributed by atoms with van der Waals surface area (Å²) >= 11 is 0. The molecule has 0 aliphatic heterocycles. The normalized spacial score (nSPS) is 12.3. The van der Waals surface area contributed by atoms with E-state index in [4.69, 9.17) is 9.84 Å². The van der Waals surface area contributed by atoms with Crippen LogP contribution in [0.2, 0.25) is 0 Å². The maximum Gasteiger partial charge on any atom is 0.305 e. The fraction of sp³-hybridized carbons (Fsp3) is 0.125. The molecular weight excluding hydrogens is 334 g/mol. The van der Waals surface area contributed by atoms with Crippen LogP contribution in [-0.2, 0) is 19.6 Å². The van der Waals surface area contributed by atoms with Gasteiger partial charge in [0.05, 0.1) is 12.5 Å². The number of hydrogen-bond donors (Lipinski definition) is 2. The van der Waals surface area contributed by atoms with E-state index in [2.05, 4.69) is 4.72 Å². The first-order valence-corrected chi connectivity index (χ1v) is 8.42. The van der Waals surface area contributed by atoms with Gasteiger partial charge < -0.3 is 14.6 Å². The monoisotopic (exact) mass is 349 g/mol. The average molecular weight is 349 g/mol. The fourth-order valence-corrected chi connectivity index (χ4v) is 3.24. The molecule has 0 aromatic heterocycles. The van der Waals surface area contributed by atoms with Crippen LogP contribution in [0, 0.1) is 0 Å². The molecule has 24 heavy (non-hydrogen) atoms. The van der Waals surface area contributed by atoms with Gasteiger partial charge in [0.2, 0.25) is 10.0 Å². The number of carbonyl (C=O) groups is 2. The standard InChI is InChI=1S/C16H15NO6S/c18-11-12(10-16(19)20)17-24(21,22)15-9-5-4-8-14(15)23-13-6-2-1-3-7-13/h1-9,11-12,17H,10H2,(H,19,20). The highest BCUT2D eigenvalue weighted by Gasteiger charge is 2.25. The second-order valence-corrected chi connectivity index (χ2v) is 6.51. The Morgan fingerprint density at radius 1 is 1.12 bits per heavy atom. The van der Waals surface area contributed by atoms with E-state index in [0.717, 1.165) is 0 Å². The van der Waals surface area contributed by atoms with E-state index in [1.165, 1.54) is 18.2 Å². The first kappa shape index (κ1) is 17.6. The molecule has 0 spiro atoms. The van der Waals surface area contributed by atoms with Crippen LogP contribution >= 0.6 is 0 Å². The quantitative estimate of drug-likeness (QED) is 0.703. The molecule has 2 rings (SSSR count). The number of rotatable bonds is 8. The minimum atomic E-state index is -4.14. The largest absolute Gasteiger partial charge is 0.481 e. The predicted octanol–water partition coefficient (Wildman–Crippen LogP) is 1.80. The summed E-state index contributed by atoms with van der Waals surface area (Å²) in [6.45, 7) is 0. The SMILES string of the molecule is O=CC(CC(=O)O)NS(=O)(=O)c1ccccc1Oc1ccccc1. The van der Waals surface area contributed by atoms with Crippen molar-refractivity contribution >= 4 is 22.3 Å². The number of carbonyl (C=O) groups excluding carboxylic acids is 1. The van der Waals surface area contributed by atoms with Crippen molar-refractivity contribution in [3.8, 4) is 11.5 Å². The molecule has 1 atom stereocenters. The molecule has 0 aliphatic rings. The number of carboxylic acids is 1. The molecule has 0 radical (unpaired) electrons. The molecule has 2 aromatic carbocycles. The van der Waals surface area contributed by atoms with Gasteiger partial charge in [0, 0.05) is 0 Å². The van der Waals surface area contributed by atoms with Crippen LogP contribution in [0.3, 0.4) is 0 Å². The number of sulfonamides is 1. The highest BCUT2D eigenvalue weighted by atomic mass is 32.2. The Labute approximate surface area is 138 Å². The summed E-state index contributed by atoms with van der Waals surface area (Å²) in [6.07, 6.45) is -0.406. The molecule has 2 aromatic rings. The van der Waals surface area contributed by atoms with E-state index in [1.54, 1.807) is 36.4 Å². The molecule has 0 fully saturated rings. The van der Waals surface area contributed by atoms with Gasteiger partial charge in [0.15, 0.2) is 0 Å². The second kappa shape index (κ2) is 7.71. The molecule has 1 unspecified atom stereocenters. The Hall–Kier alpha value is -2.71. The van der Waals surface area contributed by atoms with E-state index in [0.29, 0.717) is 5.75 Å². The highest BCUT2D eigenvalue weighted by molar-refractivity contribution is 7.89. The van der Waals surface area contributed by atoms with Gasteiger partial charge in [-0.3, -0.25) is 4.79 Å². The van der Waals surface area contributed by atoms with Crippen LogP contribution in [-0.4, -0.2) is 31.8 Å². The highest BCUT2D eigenvalue weighted by Crippen LogP contribution is 2.28. The number of hydrogen-bond acceptors (Lipinski definition) is 5. The van der Waals surface area contributed by atoms with Crippen molar-refractivity contribution < 1.29 is 27.9 Å². The first-order valence-electron chi connectivity index (χ1n) is 6.94. The van der Waals surface area contributed by atoms with Crippen molar-refractivity contribution in [1.82, 2.24) is 4.72 Å². The number of aldehydes is 1. The Morgan fingerprint density at radius 2 is 1.75 bits per heavy atom. The molecular formula is C16H15NO6S. The lowest BCUT2D eigenvalue weighted by Crippen LogP contribution is -2.37. The van der Waals surface area contributed by atoms with Crippen molar-refractivity contribution in [2.75, 3.05) is 0 Å². The van der Waals surface area contributed by atoms with E-state index < -0.39 is 28.5 Å². The van der Waals surface area contributed by atoms with Gasteiger partial charge in [0.1, 0.15) is 22.7 Å². The van der Waals surface area contributed by atoms with E-state index in [-0.39, 0.29) is 16.9 Å². The molecule has 2 N–H and O–H groups in total. The van der Waals surface area contributed by atoms with Crippen molar-refractivity contribution in [2.24, 2.45) is 0 Å². The van der Waals surface area contributed by atoms with Gasteiger partial charge in [-0.2, -0.15) is 0 Å². The molecule has 0 bridgehead atoms. The summed E-state index contributed by atoms with van der Waals surface area (Å²) in [6, 6.07) is 13.1. The number of ether oxygens (including phenoxy) is 1. The van der Waals surface area contributed by atoms with Crippen LogP contribution in [0.1, 0.15) is 6.42 Å². The van der Waals surface area contributed by atoms with Gasteiger partial charge in [-0.1, -0.05) is 30.3 Å². The zero-order valence-electron chi connectivity index (χ0n) is 12.5. The second-order valence-electron chi connectivity index (χ2n) is 4.82. The summed E-state index contributed by atoms with van der Waals surface area (Å²) in [5, 5.41) is 8.71. The third-order valence-corrected chi connectivity index (χ3v) is 4.50. The van der Waals surface area contributed by atoms with Gasteiger partial charge >= 0.3 is 5.97 Å². The molecule has 7 nitrogen and oxygen atoms in total. The van der Waals surface area contributed by atoms with Crippen LogP contribution in [0.5, 0.6) is 11.5 Å². The smallest absolute Gasteiger partial charge is 0.305 e. The third kappa shape index (κ3) is 4.64. The maximum absolute atomic E-state index is 12.5. The third-order valence-electron chi connectivity index (χ3n) is 2.98. The fourth-order valence-electron chi connectivity index (χ4n) is 1.94. The lowest BCUT2D eigenvalue weighted by atomic mass is 10.2. The van der Waals surface area contributed by atoms with Gasteiger partial charge in [-0.05, 0) is 24.3 Å². The average Bonchev–Trinajstić information content (AvgIpc) is 2.55. The van der Waals surface area contributed by atoms with Crippen molar-refractivity contribution in [1.29, 1.82) is 0 Å². The lowest BCUT2D eigenvalue weighted by molar-refractivity contribution is -0.138. The van der Waals surface area contributed by atoms with Crippen LogP contribution in [0.25, 0.3) is 0 Å².